The summed E-state index contributed by atoms with van der Waals surface area (Å²) in [5.74, 6) is -3.66. The molecular weight excluding hydrogens is 359 g/mol. The van der Waals surface area contributed by atoms with Crippen molar-refractivity contribution in [3.05, 3.63) is 65.0 Å². The number of benzene rings is 2. The van der Waals surface area contributed by atoms with E-state index in [4.69, 9.17) is 9.88 Å². The summed E-state index contributed by atoms with van der Waals surface area (Å²) in [4.78, 5) is 11.0. The van der Waals surface area contributed by atoms with Crippen LogP contribution in [0.3, 0.4) is 0 Å². The quantitative estimate of drug-likeness (QED) is 0.841. The van der Waals surface area contributed by atoms with Gasteiger partial charge in [-0.1, -0.05) is 12.1 Å². The van der Waals surface area contributed by atoms with Crippen molar-refractivity contribution >= 4 is 27.1 Å². The highest BCUT2D eigenvalue weighted by Gasteiger charge is 2.30. The molecule has 0 aliphatic carbocycles. The molecule has 9 heteroatoms. The first-order valence-electron chi connectivity index (χ1n) is 6.87. The molecule has 1 aliphatic rings. The van der Waals surface area contributed by atoms with E-state index in [2.05, 4.69) is 0 Å². The lowest BCUT2D eigenvalue weighted by atomic mass is 9.96. The fraction of sp³-hybridized carbons (Fsp3) is 0.0625. The van der Waals surface area contributed by atoms with Gasteiger partial charge >= 0.3 is 5.97 Å². The highest BCUT2D eigenvalue weighted by molar-refractivity contribution is 7.89. The minimum atomic E-state index is -4.45. The SMILES string of the molecule is NS(=O)(=O)c1cc(F)c(C2=C(c3ccc(F)cc3)C(=O)OC2)cc1F. The maximum absolute atomic E-state index is 14.3. The number of carbonyl (C=O) groups excluding carboxylic acids is 1. The largest absolute Gasteiger partial charge is 0.457 e. The smallest absolute Gasteiger partial charge is 0.339 e. The maximum atomic E-state index is 14.3. The highest BCUT2D eigenvalue weighted by atomic mass is 32.2. The number of halogens is 3. The average molecular weight is 369 g/mol. The normalized spacial score (nSPS) is 14.8. The third-order valence-electron chi connectivity index (χ3n) is 3.64. The standard InChI is InChI=1S/C16H10F3NO4S/c17-9-3-1-8(2-4-9)15-11(7-24-16(15)21)10-5-13(19)14(6-12(10)18)25(20,22)23/h1-6H,7H2,(H2,20,22,23). The van der Waals surface area contributed by atoms with E-state index in [1.807, 2.05) is 0 Å². The number of hydrogen-bond donors (Lipinski definition) is 1. The number of rotatable bonds is 3. The van der Waals surface area contributed by atoms with Gasteiger partial charge in [0.1, 0.15) is 29.0 Å². The van der Waals surface area contributed by atoms with Gasteiger partial charge in [-0.25, -0.2) is 31.5 Å². The van der Waals surface area contributed by atoms with E-state index in [0.29, 0.717) is 12.1 Å². The van der Waals surface area contributed by atoms with E-state index in [-0.39, 0.29) is 28.9 Å². The molecule has 25 heavy (non-hydrogen) atoms. The summed E-state index contributed by atoms with van der Waals surface area (Å²) >= 11 is 0. The van der Waals surface area contributed by atoms with Crippen LogP contribution in [-0.2, 0) is 19.6 Å². The Morgan fingerprint density at radius 2 is 1.64 bits per heavy atom. The van der Waals surface area contributed by atoms with Crippen LogP contribution in [0.15, 0.2) is 41.3 Å². The molecule has 130 valence electrons. The van der Waals surface area contributed by atoms with Crippen molar-refractivity contribution in [2.75, 3.05) is 6.61 Å². The first-order chi connectivity index (χ1) is 11.7. The lowest BCUT2D eigenvalue weighted by Gasteiger charge is -2.09. The number of carbonyl (C=O) groups is 1. The lowest BCUT2D eigenvalue weighted by molar-refractivity contribution is -0.133. The van der Waals surface area contributed by atoms with Crippen molar-refractivity contribution in [2.45, 2.75) is 4.90 Å². The molecule has 3 rings (SSSR count). The molecule has 2 aromatic rings. The number of nitrogens with two attached hydrogens (primary N) is 1. The summed E-state index contributed by atoms with van der Waals surface area (Å²) in [6, 6.07) is 5.88. The third-order valence-corrected chi connectivity index (χ3v) is 4.57. The Kier molecular flexibility index (Phi) is 4.13. The van der Waals surface area contributed by atoms with Gasteiger partial charge < -0.3 is 4.74 Å². The summed E-state index contributed by atoms with van der Waals surface area (Å²) < 4.78 is 68.8. The molecule has 0 saturated heterocycles. The van der Waals surface area contributed by atoms with Crippen LogP contribution < -0.4 is 5.14 Å². The van der Waals surface area contributed by atoms with Crippen molar-refractivity contribution < 1.29 is 31.1 Å². The van der Waals surface area contributed by atoms with Gasteiger partial charge in [0.15, 0.2) is 0 Å². The molecule has 0 aromatic heterocycles. The zero-order valence-electron chi connectivity index (χ0n) is 12.4. The van der Waals surface area contributed by atoms with E-state index >= 15 is 0 Å². The zero-order chi connectivity index (χ0) is 18.4. The maximum Gasteiger partial charge on any atom is 0.339 e. The molecule has 5 nitrogen and oxygen atoms in total. The number of cyclic esters (lactones) is 1. The van der Waals surface area contributed by atoms with Gasteiger partial charge in [-0.2, -0.15) is 0 Å². The van der Waals surface area contributed by atoms with E-state index in [1.54, 1.807) is 0 Å². The minimum Gasteiger partial charge on any atom is -0.457 e. The Morgan fingerprint density at radius 3 is 2.24 bits per heavy atom. The summed E-state index contributed by atoms with van der Waals surface area (Å²) in [5, 5.41) is 4.82. The van der Waals surface area contributed by atoms with Crippen LogP contribution in [0.5, 0.6) is 0 Å². The van der Waals surface area contributed by atoms with Crippen LogP contribution in [0.4, 0.5) is 13.2 Å². The van der Waals surface area contributed by atoms with Gasteiger partial charge in [0, 0.05) is 11.1 Å². The van der Waals surface area contributed by atoms with Crippen LogP contribution in [0.1, 0.15) is 11.1 Å². The number of sulfonamides is 1. The van der Waals surface area contributed by atoms with E-state index in [0.717, 1.165) is 12.1 Å². The molecule has 0 bridgehead atoms. The zero-order valence-corrected chi connectivity index (χ0v) is 13.2. The lowest BCUT2D eigenvalue weighted by Crippen LogP contribution is -2.15. The summed E-state index contributed by atoms with van der Waals surface area (Å²) in [5.41, 5.74) is -0.111. The predicted octanol–water partition coefficient (Wildman–Crippen LogP) is 2.22. The van der Waals surface area contributed by atoms with E-state index in [1.165, 1.54) is 12.1 Å². The first kappa shape index (κ1) is 17.2. The van der Waals surface area contributed by atoms with Crippen LogP contribution >= 0.6 is 0 Å². The molecule has 0 radical (unpaired) electrons. The fourth-order valence-corrected chi connectivity index (χ4v) is 3.10. The van der Waals surface area contributed by atoms with Gasteiger partial charge in [-0.05, 0) is 29.8 Å². The summed E-state index contributed by atoms with van der Waals surface area (Å²) in [6.45, 7) is -0.337. The van der Waals surface area contributed by atoms with Crippen molar-refractivity contribution in [1.29, 1.82) is 0 Å². The molecule has 0 saturated carbocycles. The Bertz CT molecular complexity index is 1010. The average Bonchev–Trinajstić information content (AvgIpc) is 2.90. The van der Waals surface area contributed by atoms with Crippen molar-refractivity contribution in [2.24, 2.45) is 5.14 Å². The molecule has 0 amide bonds. The van der Waals surface area contributed by atoms with Crippen LogP contribution in [0, 0.1) is 17.5 Å². The number of esters is 1. The second-order valence-electron chi connectivity index (χ2n) is 5.24. The molecule has 0 unspecified atom stereocenters. The molecule has 2 N–H and O–H groups in total. The molecular formula is C16H10F3NO4S. The number of primary sulfonamides is 1. The van der Waals surface area contributed by atoms with Gasteiger partial charge in [0.25, 0.3) is 0 Å². The number of ether oxygens (including phenoxy) is 1. The van der Waals surface area contributed by atoms with Gasteiger partial charge in [0.2, 0.25) is 10.0 Å². The van der Waals surface area contributed by atoms with Crippen LogP contribution in [0.2, 0.25) is 0 Å². The second kappa shape index (κ2) is 6.01. The Morgan fingerprint density at radius 1 is 1.00 bits per heavy atom. The van der Waals surface area contributed by atoms with E-state index in [9.17, 15) is 26.4 Å². The molecule has 0 fully saturated rings. The second-order valence-corrected chi connectivity index (χ2v) is 6.77. The number of hydrogen-bond acceptors (Lipinski definition) is 4. The Balaban J connectivity index is 2.21. The van der Waals surface area contributed by atoms with Crippen molar-refractivity contribution in [3.8, 4) is 0 Å². The highest BCUT2D eigenvalue weighted by Crippen LogP contribution is 2.35. The molecule has 0 spiro atoms. The molecule has 1 aliphatic heterocycles. The minimum absolute atomic E-state index is 0.0222. The molecule has 1 heterocycles. The molecule has 2 aromatic carbocycles. The van der Waals surface area contributed by atoms with Gasteiger partial charge in [-0.3, -0.25) is 0 Å². The Hall–Kier alpha value is -2.65. The Labute approximate surface area is 140 Å². The topological polar surface area (TPSA) is 86.5 Å². The summed E-state index contributed by atoms with van der Waals surface area (Å²) in [6.07, 6.45) is 0. The summed E-state index contributed by atoms with van der Waals surface area (Å²) in [7, 11) is -4.45. The molecule has 0 atom stereocenters. The first-order valence-corrected chi connectivity index (χ1v) is 8.41. The van der Waals surface area contributed by atoms with Crippen molar-refractivity contribution in [1.82, 2.24) is 0 Å². The fourth-order valence-electron chi connectivity index (χ4n) is 2.50. The predicted molar refractivity (Wildman–Crippen MR) is 81.9 cm³/mol. The third kappa shape index (κ3) is 3.15. The monoisotopic (exact) mass is 369 g/mol. The van der Waals surface area contributed by atoms with Crippen molar-refractivity contribution in [3.63, 3.8) is 0 Å². The van der Waals surface area contributed by atoms with Crippen LogP contribution in [-0.4, -0.2) is 21.0 Å². The van der Waals surface area contributed by atoms with Crippen LogP contribution in [0.25, 0.3) is 11.1 Å². The van der Waals surface area contributed by atoms with Gasteiger partial charge in [-0.15, -0.1) is 0 Å². The van der Waals surface area contributed by atoms with Gasteiger partial charge in [0.05, 0.1) is 5.57 Å². The van der Waals surface area contributed by atoms with E-state index < -0.39 is 38.3 Å².